The van der Waals surface area contributed by atoms with Crippen molar-refractivity contribution in [1.29, 1.82) is 0 Å². The standard InChI is InChI=1S/C9H13F3N2O2S2/c1-3-18(15,16)5-4-14-8(17)6(2)7(13-14)9(10,11)12/h13H,3-5H2,1-2H3. The largest absolute Gasteiger partial charge is 0.433 e. The van der Waals surface area contributed by atoms with Crippen LogP contribution in [0.5, 0.6) is 0 Å². The quantitative estimate of drug-likeness (QED) is 0.868. The van der Waals surface area contributed by atoms with Gasteiger partial charge in [-0.1, -0.05) is 19.1 Å². The van der Waals surface area contributed by atoms with Crippen LogP contribution in [0.2, 0.25) is 0 Å². The fourth-order valence-corrected chi connectivity index (χ4v) is 2.38. The fourth-order valence-electron chi connectivity index (χ4n) is 1.39. The number of sulfone groups is 1. The van der Waals surface area contributed by atoms with Crippen molar-refractivity contribution in [3.8, 4) is 0 Å². The molecule has 0 atom stereocenters. The third-order valence-electron chi connectivity index (χ3n) is 2.54. The number of hydrogen-bond acceptors (Lipinski definition) is 3. The Morgan fingerprint density at radius 2 is 1.94 bits per heavy atom. The normalized spacial score (nSPS) is 12.9. The van der Waals surface area contributed by atoms with Gasteiger partial charge in [-0.2, -0.15) is 13.2 Å². The van der Waals surface area contributed by atoms with Crippen LogP contribution in [0, 0.1) is 11.6 Å². The zero-order valence-electron chi connectivity index (χ0n) is 9.84. The summed E-state index contributed by atoms with van der Waals surface area (Å²) >= 11 is 4.84. The van der Waals surface area contributed by atoms with E-state index in [1.165, 1.54) is 13.8 Å². The van der Waals surface area contributed by atoms with Crippen molar-refractivity contribution in [1.82, 2.24) is 9.78 Å². The summed E-state index contributed by atoms with van der Waals surface area (Å²) in [6.07, 6.45) is -4.52. The molecule has 0 aromatic carbocycles. The van der Waals surface area contributed by atoms with Gasteiger partial charge >= 0.3 is 6.18 Å². The number of hydrogen-bond donors (Lipinski definition) is 1. The van der Waals surface area contributed by atoms with Crippen LogP contribution in [0.3, 0.4) is 0 Å². The molecule has 0 unspecified atom stereocenters. The van der Waals surface area contributed by atoms with Crippen LogP contribution in [-0.4, -0.2) is 29.7 Å². The van der Waals surface area contributed by atoms with E-state index in [2.05, 4.69) is 5.10 Å². The molecule has 0 fully saturated rings. The van der Waals surface area contributed by atoms with Crippen molar-refractivity contribution < 1.29 is 21.6 Å². The minimum atomic E-state index is -4.52. The molecule has 1 rings (SSSR count). The van der Waals surface area contributed by atoms with E-state index in [-0.39, 0.29) is 28.3 Å². The number of halogens is 3. The van der Waals surface area contributed by atoms with E-state index in [9.17, 15) is 21.6 Å². The molecule has 1 heterocycles. The van der Waals surface area contributed by atoms with Gasteiger partial charge in [0.15, 0.2) is 9.84 Å². The molecule has 0 radical (unpaired) electrons. The lowest BCUT2D eigenvalue weighted by Crippen LogP contribution is -2.16. The number of alkyl halides is 3. The molecular weight excluding hydrogens is 289 g/mol. The molecule has 9 heteroatoms. The maximum absolute atomic E-state index is 12.6. The summed E-state index contributed by atoms with van der Waals surface area (Å²) in [4.78, 5) is 0. The Morgan fingerprint density at radius 3 is 2.33 bits per heavy atom. The van der Waals surface area contributed by atoms with Crippen LogP contribution >= 0.6 is 12.2 Å². The maximum Gasteiger partial charge on any atom is 0.433 e. The van der Waals surface area contributed by atoms with Crippen molar-refractivity contribution in [2.24, 2.45) is 0 Å². The molecular formula is C9H13F3N2O2S2. The van der Waals surface area contributed by atoms with E-state index in [0.717, 1.165) is 4.68 Å². The van der Waals surface area contributed by atoms with Gasteiger partial charge in [0.1, 0.15) is 10.3 Å². The summed E-state index contributed by atoms with van der Waals surface area (Å²) in [5.74, 6) is -0.290. The lowest BCUT2D eigenvalue weighted by molar-refractivity contribution is -0.141. The summed E-state index contributed by atoms with van der Waals surface area (Å²) in [7, 11) is -3.24. The average molecular weight is 302 g/mol. The van der Waals surface area contributed by atoms with E-state index in [1.54, 1.807) is 0 Å². The third kappa shape index (κ3) is 3.35. The Morgan fingerprint density at radius 1 is 1.39 bits per heavy atom. The van der Waals surface area contributed by atoms with Crippen molar-refractivity contribution in [2.75, 3.05) is 11.5 Å². The number of nitrogens with zero attached hydrogens (tertiary/aromatic N) is 1. The molecule has 0 spiro atoms. The van der Waals surface area contributed by atoms with Crippen LogP contribution < -0.4 is 0 Å². The first-order chi connectivity index (χ1) is 8.08. The van der Waals surface area contributed by atoms with Gasteiger partial charge < -0.3 is 0 Å². The molecule has 0 saturated carbocycles. The van der Waals surface area contributed by atoms with Crippen LogP contribution in [0.4, 0.5) is 13.2 Å². The Labute approximate surface area is 108 Å². The molecule has 0 bridgehead atoms. The molecule has 0 amide bonds. The third-order valence-corrected chi connectivity index (χ3v) is 4.75. The van der Waals surface area contributed by atoms with Crippen LogP contribution in [0.15, 0.2) is 0 Å². The van der Waals surface area contributed by atoms with E-state index >= 15 is 0 Å². The molecule has 0 aliphatic heterocycles. The van der Waals surface area contributed by atoms with Crippen molar-refractivity contribution >= 4 is 22.1 Å². The van der Waals surface area contributed by atoms with Gasteiger partial charge in [-0.15, -0.1) is 0 Å². The minimum absolute atomic E-state index is 0.0198. The topological polar surface area (TPSA) is 54.9 Å². The zero-order chi connectivity index (χ0) is 14.1. The van der Waals surface area contributed by atoms with E-state index in [0.29, 0.717) is 0 Å². The second kappa shape index (κ2) is 5.04. The second-order valence-electron chi connectivity index (χ2n) is 3.80. The van der Waals surface area contributed by atoms with Gasteiger partial charge in [-0.25, -0.2) is 8.42 Å². The summed E-state index contributed by atoms with van der Waals surface area (Å²) in [5.41, 5.74) is -1.02. The van der Waals surface area contributed by atoms with Gasteiger partial charge in [0.2, 0.25) is 0 Å². The average Bonchev–Trinajstić information content (AvgIpc) is 2.53. The molecule has 104 valence electrons. The minimum Gasteiger partial charge on any atom is -0.293 e. The summed E-state index contributed by atoms with van der Waals surface area (Å²) < 4.78 is 61.3. The summed E-state index contributed by atoms with van der Waals surface area (Å²) in [5, 5.41) is 2.11. The number of H-pyrrole nitrogens is 1. The molecule has 4 nitrogen and oxygen atoms in total. The van der Waals surface area contributed by atoms with Crippen molar-refractivity contribution in [3.05, 3.63) is 15.9 Å². The van der Waals surface area contributed by atoms with E-state index < -0.39 is 21.7 Å². The lowest BCUT2D eigenvalue weighted by atomic mass is 10.3. The van der Waals surface area contributed by atoms with E-state index in [1.807, 2.05) is 0 Å². The highest BCUT2D eigenvalue weighted by molar-refractivity contribution is 7.91. The SMILES string of the molecule is CCS(=O)(=O)CCn1[nH]c(C(F)(F)F)c(C)c1=S. The van der Waals surface area contributed by atoms with Crippen molar-refractivity contribution in [2.45, 2.75) is 26.6 Å². The van der Waals surface area contributed by atoms with Gasteiger partial charge in [-0.05, 0) is 6.92 Å². The smallest absolute Gasteiger partial charge is 0.293 e. The van der Waals surface area contributed by atoms with Gasteiger partial charge in [0.25, 0.3) is 0 Å². The molecule has 0 aliphatic carbocycles. The first-order valence-electron chi connectivity index (χ1n) is 5.15. The Kier molecular flexibility index (Phi) is 4.26. The lowest BCUT2D eigenvalue weighted by Gasteiger charge is -2.05. The number of aromatic amines is 1. The van der Waals surface area contributed by atoms with Crippen LogP contribution in [0.25, 0.3) is 0 Å². The number of aryl methyl sites for hydroxylation is 1. The van der Waals surface area contributed by atoms with Crippen molar-refractivity contribution in [3.63, 3.8) is 0 Å². The summed E-state index contributed by atoms with van der Waals surface area (Å²) in [6.45, 7) is 2.63. The van der Waals surface area contributed by atoms with Crippen LogP contribution in [-0.2, 0) is 22.6 Å². The molecule has 1 aromatic heterocycles. The Hall–Kier alpha value is -0.830. The fraction of sp³-hybridized carbons (Fsp3) is 0.667. The highest BCUT2D eigenvalue weighted by atomic mass is 32.2. The number of aromatic nitrogens is 2. The predicted molar refractivity (Wildman–Crippen MR) is 63.7 cm³/mol. The molecule has 0 aliphatic rings. The highest BCUT2D eigenvalue weighted by Crippen LogP contribution is 2.30. The Balaban J connectivity index is 3.04. The van der Waals surface area contributed by atoms with E-state index in [4.69, 9.17) is 12.2 Å². The molecule has 1 aromatic rings. The Bertz CT molecular complexity index is 584. The molecule has 18 heavy (non-hydrogen) atoms. The van der Waals surface area contributed by atoms with Gasteiger partial charge in [0, 0.05) is 11.3 Å². The summed E-state index contributed by atoms with van der Waals surface area (Å²) in [6, 6.07) is 0. The maximum atomic E-state index is 12.6. The number of nitrogens with one attached hydrogen (secondary N) is 1. The highest BCUT2D eigenvalue weighted by Gasteiger charge is 2.35. The molecule has 1 N–H and O–H groups in total. The zero-order valence-corrected chi connectivity index (χ0v) is 11.5. The van der Waals surface area contributed by atoms with Gasteiger partial charge in [0.05, 0.1) is 12.3 Å². The first kappa shape index (κ1) is 15.2. The predicted octanol–water partition coefficient (Wildman–Crippen LogP) is 2.31. The molecule has 0 saturated heterocycles. The first-order valence-corrected chi connectivity index (χ1v) is 7.38. The van der Waals surface area contributed by atoms with Crippen LogP contribution in [0.1, 0.15) is 18.2 Å². The monoisotopic (exact) mass is 302 g/mol. The number of rotatable bonds is 4. The van der Waals surface area contributed by atoms with Gasteiger partial charge in [-0.3, -0.25) is 9.78 Å². The second-order valence-corrected chi connectivity index (χ2v) is 6.66.